The Morgan fingerprint density at radius 3 is 2.92 bits per heavy atom. The number of anilines is 1. The molecule has 2 N–H and O–H groups in total. The summed E-state index contributed by atoms with van der Waals surface area (Å²) in [6, 6.07) is 5.64. The van der Waals surface area contributed by atoms with Crippen molar-refractivity contribution in [2.75, 3.05) is 5.73 Å². The van der Waals surface area contributed by atoms with E-state index in [9.17, 15) is 0 Å². The minimum Gasteiger partial charge on any atom is -0.397 e. The van der Waals surface area contributed by atoms with Gasteiger partial charge in [0.15, 0.2) is 0 Å². The molecule has 0 aliphatic heterocycles. The van der Waals surface area contributed by atoms with Gasteiger partial charge in [0.1, 0.15) is 5.15 Å². The van der Waals surface area contributed by atoms with E-state index in [4.69, 9.17) is 17.3 Å². The highest BCUT2D eigenvalue weighted by Crippen LogP contribution is 2.29. The van der Waals surface area contributed by atoms with Gasteiger partial charge < -0.3 is 5.73 Å². The Bertz CT molecular complexity index is 470. The van der Waals surface area contributed by atoms with Crippen LogP contribution >= 0.6 is 27.5 Å². The van der Waals surface area contributed by atoms with Crippen molar-refractivity contribution in [3.05, 3.63) is 34.0 Å². The van der Waals surface area contributed by atoms with E-state index in [2.05, 4.69) is 20.9 Å². The Kier molecular flexibility index (Phi) is 2.14. The fraction of sp³-hybridized carbons (Fsp3) is 0. The summed E-state index contributed by atoms with van der Waals surface area (Å²) in [6.07, 6.45) is 1.68. The predicted molar refractivity (Wildman–Crippen MR) is 58.9 cm³/mol. The second-order valence-corrected chi connectivity index (χ2v) is 3.93. The number of aromatic nitrogens is 1. The van der Waals surface area contributed by atoms with Crippen molar-refractivity contribution >= 4 is 44.0 Å². The predicted octanol–water partition coefficient (Wildman–Crippen LogP) is 3.23. The Balaban J connectivity index is 2.87. The van der Waals surface area contributed by atoms with Gasteiger partial charge in [-0.25, -0.2) is 4.98 Å². The smallest absolute Gasteiger partial charge is 0.129 e. The lowest BCUT2D eigenvalue weighted by Gasteiger charge is -2.03. The number of hydrogen-bond donors (Lipinski definition) is 1. The fourth-order valence-corrected chi connectivity index (χ4v) is 1.70. The number of rotatable bonds is 0. The highest BCUT2D eigenvalue weighted by molar-refractivity contribution is 9.10. The van der Waals surface area contributed by atoms with Crippen molar-refractivity contribution in [1.29, 1.82) is 0 Å². The topological polar surface area (TPSA) is 38.9 Å². The summed E-state index contributed by atoms with van der Waals surface area (Å²) in [5.41, 5.74) is 6.53. The first kappa shape index (κ1) is 8.78. The number of halogens is 2. The van der Waals surface area contributed by atoms with Crippen molar-refractivity contribution in [2.24, 2.45) is 0 Å². The van der Waals surface area contributed by atoms with Crippen LogP contribution in [-0.2, 0) is 0 Å². The Morgan fingerprint density at radius 1 is 1.38 bits per heavy atom. The summed E-state index contributed by atoms with van der Waals surface area (Å²) >= 11 is 9.10. The summed E-state index contributed by atoms with van der Waals surface area (Å²) < 4.78 is 0.879. The molecule has 0 saturated carbocycles. The second kappa shape index (κ2) is 3.16. The molecular weight excluding hydrogens is 251 g/mol. The van der Waals surface area contributed by atoms with Gasteiger partial charge in [-0.3, -0.25) is 0 Å². The van der Waals surface area contributed by atoms with E-state index >= 15 is 0 Å². The van der Waals surface area contributed by atoms with Crippen molar-refractivity contribution in [1.82, 2.24) is 4.98 Å². The number of pyridine rings is 1. The van der Waals surface area contributed by atoms with Gasteiger partial charge in [-0.05, 0) is 33.4 Å². The lowest BCUT2D eigenvalue weighted by molar-refractivity contribution is 1.36. The van der Waals surface area contributed by atoms with Gasteiger partial charge in [-0.1, -0.05) is 17.7 Å². The van der Waals surface area contributed by atoms with E-state index in [0.717, 1.165) is 15.2 Å². The summed E-state index contributed by atoms with van der Waals surface area (Å²) in [4.78, 5) is 3.97. The Hall–Kier alpha value is -0.800. The van der Waals surface area contributed by atoms with Gasteiger partial charge in [-0.2, -0.15) is 0 Å². The Labute approximate surface area is 88.8 Å². The van der Waals surface area contributed by atoms with Crippen LogP contribution in [0.1, 0.15) is 0 Å². The zero-order chi connectivity index (χ0) is 9.42. The van der Waals surface area contributed by atoms with E-state index in [0.29, 0.717) is 10.8 Å². The molecule has 0 aliphatic carbocycles. The molecule has 0 spiro atoms. The average molecular weight is 258 g/mol. The van der Waals surface area contributed by atoms with Crippen LogP contribution in [0.5, 0.6) is 0 Å². The fourth-order valence-electron chi connectivity index (χ4n) is 1.19. The first-order valence-corrected chi connectivity index (χ1v) is 4.85. The van der Waals surface area contributed by atoms with Crippen molar-refractivity contribution in [3.63, 3.8) is 0 Å². The lowest BCUT2D eigenvalue weighted by Crippen LogP contribution is -1.89. The molecule has 2 nitrogen and oxygen atoms in total. The van der Waals surface area contributed by atoms with E-state index in [-0.39, 0.29) is 0 Å². The van der Waals surface area contributed by atoms with Crippen molar-refractivity contribution in [3.8, 4) is 0 Å². The van der Waals surface area contributed by atoms with Gasteiger partial charge in [-0.15, -0.1) is 0 Å². The maximum Gasteiger partial charge on any atom is 0.129 e. The highest BCUT2D eigenvalue weighted by atomic mass is 79.9. The zero-order valence-corrected chi connectivity index (χ0v) is 8.93. The van der Waals surface area contributed by atoms with Crippen LogP contribution in [0.25, 0.3) is 10.8 Å². The van der Waals surface area contributed by atoms with E-state index in [1.807, 2.05) is 12.1 Å². The molecular formula is C9H6BrClN2. The van der Waals surface area contributed by atoms with Crippen LogP contribution in [0.3, 0.4) is 0 Å². The number of nitrogens with two attached hydrogens (primary N) is 1. The van der Waals surface area contributed by atoms with Crippen LogP contribution in [0.2, 0.25) is 5.15 Å². The quantitative estimate of drug-likeness (QED) is 0.581. The van der Waals surface area contributed by atoms with Crippen LogP contribution in [-0.4, -0.2) is 4.98 Å². The maximum absolute atomic E-state index is 5.84. The maximum atomic E-state index is 5.84. The largest absolute Gasteiger partial charge is 0.397 e. The molecule has 2 aromatic rings. The monoisotopic (exact) mass is 256 g/mol. The minimum atomic E-state index is 0.481. The van der Waals surface area contributed by atoms with Gasteiger partial charge in [0.2, 0.25) is 0 Å². The zero-order valence-electron chi connectivity index (χ0n) is 6.59. The number of nitrogens with zero attached hydrogens (tertiary/aromatic N) is 1. The van der Waals surface area contributed by atoms with Gasteiger partial charge in [0, 0.05) is 16.1 Å². The van der Waals surface area contributed by atoms with Crippen molar-refractivity contribution < 1.29 is 0 Å². The first-order chi connectivity index (χ1) is 6.18. The molecule has 1 aromatic carbocycles. The van der Waals surface area contributed by atoms with E-state index in [1.165, 1.54) is 0 Å². The van der Waals surface area contributed by atoms with Crippen LogP contribution in [0, 0.1) is 0 Å². The van der Waals surface area contributed by atoms with Crippen LogP contribution < -0.4 is 5.73 Å². The van der Waals surface area contributed by atoms with Gasteiger partial charge in [0.25, 0.3) is 0 Å². The average Bonchev–Trinajstić information content (AvgIpc) is 2.12. The van der Waals surface area contributed by atoms with Crippen LogP contribution in [0.4, 0.5) is 5.69 Å². The molecule has 1 aromatic heterocycles. The molecule has 0 unspecified atom stereocenters. The number of benzene rings is 1. The number of fused-ring (bicyclic) bond motifs is 1. The standard InChI is InChI=1S/C9H6BrClN2/c10-7-2-1-5-3-8(11)13-4-6(5)9(7)12/h1-4H,12H2. The summed E-state index contributed by atoms with van der Waals surface area (Å²) in [7, 11) is 0. The van der Waals surface area contributed by atoms with Crippen LogP contribution in [0.15, 0.2) is 28.9 Å². The molecule has 0 amide bonds. The van der Waals surface area contributed by atoms with E-state index in [1.54, 1.807) is 12.3 Å². The SMILES string of the molecule is Nc1c(Br)ccc2cc(Cl)ncc12. The first-order valence-electron chi connectivity index (χ1n) is 3.68. The third-order valence-electron chi connectivity index (χ3n) is 1.86. The normalized spacial score (nSPS) is 10.6. The van der Waals surface area contributed by atoms with Gasteiger partial charge in [0.05, 0.1) is 5.69 Å². The summed E-state index contributed by atoms with van der Waals surface area (Å²) in [6.45, 7) is 0. The molecule has 0 bridgehead atoms. The number of hydrogen-bond acceptors (Lipinski definition) is 2. The molecule has 0 saturated heterocycles. The molecule has 0 aliphatic rings. The Morgan fingerprint density at radius 2 is 2.15 bits per heavy atom. The molecule has 1 heterocycles. The lowest BCUT2D eigenvalue weighted by atomic mass is 10.1. The molecule has 66 valence electrons. The highest BCUT2D eigenvalue weighted by Gasteiger charge is 2.02. The minimum absolute atomic E-state index is 0.481. The van der Waals surface area contributed by atoms with E-state index < -0.39 is 0 Å². The third-order valence-corrected chi connectivity index (χ3v) is 2.76. The molecule has 13 heavy (non-hydrogen) atoms. The third kappa shape index (κ3) is 1.49. The molecule has 0 fully saturated rings. The van der Waals surface area contributed by atoms with Crippen molar-refractivity contribution in [2.45, 2.75) is 0 Å². The molecule has 2 rings (SSSR count). The van der Waals surface area contributed by atoms with Gasteiger partial charge >= 0.3 is 0 Å². The second-order valence-electron chi connectivity index (χ2n) is 2.69. The number of nitrogen functional groups attached to an aromatic ring is 1. The summed E-state index contributed by atoms with van der Waals surface area (Å²) in [5, 5.41) is 2.40. The molecule has 0 atom stereocenters. The molecule has 0 radical (unpaired) electrons. The summed E-state index contributed by atoms with van der Waals surface area (Å²) in [5.74, 6) is 0. The molecule has 4 heteroatoms.